The SMILES string of the molecule is CCOC(=O)c1cn(C)nc1-c1cccc(CNC(=O)C(C)C(=O)OC(C)(C)C)c1. The van der Waals surface area contributed by atoms with Gasteiger partial charge in [0.2, 0.25) is 5.91 Å². The van der Waals surface area contributed by atoms with E-state index in [4.69, 9.17) is 9.47 Å². The Morgan fingerprint density at radius 1 is 1.23 bits per heavy atom. The van der Waals surface area contributed by atoms with E-state index in [-0.39, 0.29) is 13.2 Å². The van der Waals surface area contributed by atoms with E-state index in [1.54, 1.807) is 45.6 Å². The molecule has 1 heterocycles. The number of carbonyl (C=O) groups excluding carboxylic acids is 3. The first-order valence-electron chi connectivity index (χ1n) is 9.82. The molecule has 1 amide bonds. The molecule has 2 aromatic rings. The van der Waals surface area contributed by atoms with E-state index in [1.165, 1.54) is 6.92 Å². The number of hydrogen-bond donors (Lipinski definition) is 1. The van der Waals surface area contributed by atoms with Crippen molar-refractivity contribution >= 4 is 17.8 Å². The summed E-state index contributed by atoms with van der Waals surface area (Å²) in [4.78, 5) is 36.6. The molecule has 162 valence electrons. The minimum atomic E-state index is -0.918. The molecule has 2 rings (SSSR count). The van der Waals surface area contributed by atoms with Crippen LogP contribution in [0.5, 0.6) is 0 Å². The molecule has 1 N–H and O–H groups in total. The van der Waals surface area contributed by atoms with Crippen molar-refractivity contribution in [1.82, 2.24) is 15.1 Å². The van der Waals surface area contributed by atoms with Crippen molar-refractivity contribution in [3.63, 3.8) is 0 Å². The summed E-state index contributed by atoms with van der Waals surface area (Å²) in [6, 6.07) is 7.33. The molecule has 30 heavy (non-hydrogen) atoms. The molecule has 1 aromatic heterocycles. The lowest BCUT2D eigenvalue weighted by atomic mass is 10.0. The molecule has 0 fully saturated rings. The van der Waals surface area contributed by atoms with Crippen LogP contribution in [0, 0.1) is 5.92 Å². The molecule has 1 unspecified atom stereocenters. The van der Waals surface area contributed by atoms with Crippen molar-refractivity contribution < 1.29 is 23.9 Å². The maximum absolute atomic E-state index is 12.3. The average molecular weight is 415 g/mol. The number of nitrogens with one attached hydrogen (secondary N) is 1. The largest absolute Gasteiger partial charge is 0.462 e. The smallest absolute Gasteiger partial charge is 0.341 e. The maximum atomic E-state index is 12.3. The molecule has 1 aromatic carbocycles. The highest BCUT2D eigenvalue weighted by atomic mass is 16.6. The van der Waals surface area contributed by atoms with Crippen LogP contribution in [0.3, 0.4) is 0 Å². The van der Waals surface area contributed by atoms with Gasteiger partial charge in [-0.05, 0) is 46.2 Å². The molecule has 0 saturated carbocycles. The van der Waals surface area contributed by atoms with Gasteiger partial charge in [-0.25, -0.2) is 4.79 Å². The van der Waals surface area contributed by atoms with Gasteiger partial charge in [0.25, 0.3) is 0 Å². The van der Waals surface area contributed by atoms with E-state index in [2.05, 4.69) is 10.4 Å². The third-order valence-electron chi connectivity index (χ3n) is 4.14. The first-order chi connectivity index (χ1) is 14.0. The van der Waals surface area contributed by atoms with Crippen LogP contribution >= 0.6 is 0 Å². The van der Waals surface area contributed by atoms with Gasteiger partial charge in [0.05, 0.1) is 6.61 Å². The van der Waals surface area contributed by atoms with Crippen LogP contribution in [0.2, 0.25) is 0 Å². The zero-order valence-electron chi connectivity index (χ0n) is 18.3. The van der Waals surface area contributed by atoms with Gasteiger partial charge in [-0.1, -0.05) is 18.2 Å². The molecule has 0 bridgehead atoms. The molecular weight excluding hydrogens is 386 g/mol. The first-order valence-corrected chi connectivity index (χ1v) is 9.82. The fourth-order valence-corrected chi connectivity index (χ4v) is 2.73. The summed E-state index contributed by atoms with van der Waals surface area (Å²) in [5.41, 5.74) is 1.76. The number of esters is 2. The van der Waals surface area contributed by atoms with E-state index in [0.29, 0.717) is 11.3 Å². The van der Waals surface area contributed by atoms with Crippen LogP contribution in [-0.4, -0.2) is 39.8 Å². The summed E-state index contributed by atoms with van der Waals surface area (Å²) in [7, 11) is 1.73. The molecule has 0 saturated heterocycles. The van der Waals surface area contributed by atoms with Crippen LogP contribution in [0.25, 0.3) is 11.3 Å². The Labute approximate surface area is 176 Å². The Kier molecular flexibility index (Phi) is 7.37. The quantitative estimate of drug-likeness (QED) is 0.551. The van der Waals surface area contributed by atoms with Gasteiger partial charge >= 0.3 is 11.9 Å². The van der Waals surface area contributed by atoms with Gasteiger partial charge in [0.15, 0.2) is 0 Å². The second kappa shape index (κ2) is 9.56. The van der Waals surface area contributed by atoms with Gasteiger partial charge in [0, 0.05) is 25.4 Å². The Morgan fingerprint density at radius 3 is 2.57 bits per heavy atom. The van der Waals surface area contributed by atoms with Crippen LogP contribution in [-0.2, 0) is 32.7 Å². The lowest BCUT2D eigenvalue weighted by molar-refractivity contribution is -0.161. The number of benzene rings is 1. The van der Waals surface area contributed by atoms with Crippen LogP contribution in [0.15, 0.2) is 30.5 Å². The third-order valence-corrected chi connectivity index (χ3v) is 4.14. The number of aromatic nitrogens is 2. The maximum Gasteiger partial charge on any atom is 0.341 e. The van der Waals surface area contributed by atoms with Crippen molar-refractivity contribution in [2.24, 2.45) is 13.0 Å². The Morgan fingerprint density at radius 2 is 1.93 bits per heavy atom. The summed E-state index contributed by atoms with van der Waals surface area (Å²) in [6.45, 7) is 9.01. The summed E-state index contributed by atoms with van der Waals surface area (Å²) in [6.07, 6.45) is 1.62. The van der Waals surface area contributed by atoms with Gasteiger partial charge in [0.1, 0.15) is 22.8 Å². The highest BCUT2D eigenvalue weighted by Crippen LogP contribution is 2.24. The second-order valence-electron chi connectivity index (χ2n) is 7.96. The normalized spacial score (nSPS) is 12.2. The van der Waals surface area contributed by atoms with E-state index >= 15 is 0 Å². The number of nitrogens with zero attached hydrogens (tertiary/aromatic N) is 2. The average Bonchev–Trinajstić information content (AvgIpc) is 3.06. The van der Waals surface area contributed by atoms with Gasteiger partial charge in [-0.3, -0.25) is 14.3 Å². The second-order valence-corrected chi connectivity index (χ2v) is 7.96. The van der Waals surface area contributed by atoms with Crippen LogP contribution in [0.1, 0.15) is 50.5 Å². The van der Waals surface area contributed by atoms with Crippen LogP contribution in [0.4, 0.5) is 0 Å². The van der Waals surface area contributed by atoms with Gasteiger partial charge in [-0.2, -0.15) is 5.10 Å². The number of ether oxygens (including phenoxy) is 2. The molecule has 0 aliphatic carbocycles. The zero-order valence-corrected chi connectivity index (χ0v) is 18.3. The van der Waals surface area contributed by atoms with Gasteiger partial charge < -0.3 is 14.8 Å². The van der Waals surface area contributed by atoms with Crippen molar-refractivity contribution in [3.8, 4) is 11.3 Å². The predicted octanol–water partition coefficient (Wildman–Crippen LogP) is 2.86. The summed E-state index contributed by atoms with van der Waals surface area (Å²) in [5, 5.41) is 7.12. The lowest BCUT2D eigenvalue weighted by Gasteiger charge is -2.22. The highest BCUT2D eigenvalue weighted by molar-refractivity contribution is 5.97. The van der Waals surface area contributed by atoms with E-state index < -0.39 is 29.4 Å². The Balaban J connectivity index is 2.11. The standard InChI is InChI=1S/C22H29N3O5/c1-7-29-21(28)17-13-25(6)24-18(17)16-10-8-9-15(11-16)12-23-19(26)14(2)20(27)30-22(3,4)5/h8-11,13-14H,7,12H2,1-6H3,(H,23,26). The Hall–Kier alpha value is -3.16. The minimum absolute atomic E-state index is 0.224. The number of aryl methyl sites for hydroxylation is 1. The van der Waals surface area contributed by atoms with E-state index in [0.717, 1.165) is 11.1 Å². The number of hydrogen-bond acceptors (Lipinski definition) is 6. The summed E-state index contributed by atoms with van der Waals surface area (Å²) < 4.78 is 11.9. The van der Waals surface area contributed by atoms with Crippen LogP contribution < -0.4 is 5.32 Å². The molecule has 8 nitrogen and oxygen atoms in total. The Bertz CT molecular complexity index is 927. The summed E-state index contributed by atoms with van der Waals surface area (Å²) >= 11 is 0. The monoisotopic (exact) mass is 415 g/mol. The minimum Gasteiger partial charge on any atom is -0.462 e. The highest BCUT2D eigenvalue weighted by Gasteiger charge is 2.27. The molecular formula is C22H29N3O5. The molecule has 0 aliphatic heterocycles. The first kappa shape index (κ1) is 23.1. The molecule has 8 heteroatoms. The van der Waals surface area contributed by atoms with E-state index in [9.17, 15) is 14.4 Å². The number of amides is 1. The fourth-order valence-electron chi connectivity index (χ4n) is 2.73. The molecule has 0 aliphatic rings. The van der Waals surface area contributed by atoms with Crippen molar-refractivity contribution in [2.45, 2.75) is 46.8 Å². The third kappa shape index (κ3) is 6.17. The predicted molar refractivity (Wildman–Crippen MR) is 111 cm³/mol. The van der Waals surface area contributed by atoms with Crippen molar-refractivity contribution in [1.29, 1.82) is 0 Å². The molecule has 1 atom stereocenters. The van der Waals surface area contributed by atoms with E-state index in [1.807, 2.05) is 24.3 Å². The summed E-state index contributed by atoms with van der Waals surface area (Å²) in [5.74, 6) is -2.34. The lowest BCUT2D eigenvalue weighted by Crippen LogP contribution is -2.37. The van der Waals surface area contributed by atoms with Crippen molar-refractivity contribution in [3.05, 3.63) is 41.6 Å². The van der Waals surface area contributed by atoms with Crippen molar-refractivity contribution in [2.75, 3.05) is 6.61 Å². The zero-order chi connectivity index (χ0) is 22.5. The molecule has 0 spiro atoms. The topological polar surface area (TPSA) is 99.5 Å². The fraction of sp³-hybridized carbons (Fsp3) is 0.455. The number of carbonyl (C=O) groups is 3. The molecule has 0 radical (unpaired) electrons. The van der Waals surface area contributed by atoms with Gasteiger partial charge in [-0.15, -0.1) is 0 Å². The number of rotatable bonds is 7.